The zero-order valence-corrected chi connectivity index (χ0v) is 14.2. The Bertz CT molecular complexity index is 870. The second-order valence-corrected chi connectivity index (χ2v) is 6.38. The molecule has 0 unspecified atom stereocenters. The van der Waals surface area contributed by atoms with Gasteiger partial charge in [-0.05, 0) is 30.0 Å². The number of carbonyl (C=O) groups excluding carboxylic acids is 2. The third-order valence-electron chi connectivity index (χ3n) is 4.97. The summed E-state index contributed by atoms with van der Waals surface area (Å²) in [4.78, 5) is 29.2. The maximum Gasteiger partial charge on any atom is 0.277 e. The monoisotopic (exact) mass is 332 g/mol. The van der Waals surface area contributed by atoms with Crippen molar-refractivity contribution >= 4 is 17.4 Å². The number of carbonyl (C=O) groups is 2. The van der Waals surface area contributed by atoms with Crippen LogP contribution in [0.1, 0.15) is 23.6 Å². The number of likely N-dealkylation sites (N-methyl/N-ethyl adjacent to an activating group) is 1. The molecule has 2 amide bonds. The molecule has 2 aliphatic rings. The van der Waals surface area contributed by atoms with Gasteiger partial charge in [0.2, 0.25) is 0 Å². The lowest BCUT2D eigenvalue weighted by molar-refractivity contribution is -0.137. The van der Waals surface area contributed by atoms with Crippen LogP contribution in [0, 0.1) is 0 Å². The van der Waals surface area contributed by atoms with E-state index in [9.17, 15) is 9.59 Å². The highest BCUT2D eigenvalue weighted by atomic mass is 16.2. The lowest BCUT2D eigenvalue weighted by Crippen LogP contribution is -2.37. The Hall–Kier alpha value is -2.88. The maximum absolute atomic E-state index is 12.9. The van der Waals surface area contributed by atoms with Gasteiger partial charge in [-0.15, -0.1) is 0 Å². The maximum atomic E-state index is 12.9. The molecule has 0 radical (unpaired) electrons. The second kappa shape index (κ2) is 6.20. The molecule has 126 valence electrons. The summed E-state index contributed by atoms with van der Waals surface area (Å²) >= 11 is 0. The van der Waals surface area contributed by atoms with Crippen LogP contribution in [-0.4, -0.2) is 34.7 Å². The second-order valence-electron chi connectivity index (χ2n) is 6.38. The number of fused-ring (bicyclic) bond motifs is 1. The van der Waals surface area contributed by atoms with Crippen molar-refractivity contribution in [1.29, 1.82) is 0 Å². The molecule has 0 N–H and O–H groups in total. The molecule has 4 rings (SSSR count). The van der Waals surface area contributed by atoms with E-state index in [1.54, 1.807) is 0 Å². The minimum atomic E-state index is -0.187. The van der Waals surface area contributed by atoms with Gasteiger partial charge in [0.25, 0.3) is 11.8 Å². The fraction of sp³-hybridized carbons (Fsp3) is 0.238. The van der Waals surface area contributed by atoms with Crippen LogP contribution in [-0.2, 0) is 22.6 Å². The van der Waals surface area contributed by atoms with Crippen LogP contribution in [0.4, 0.5) is 0 Å². The van der Waals surface area contributed by atoms with Crippen molar-refractivity contribution in [1.82, 2.24) is 9.80 Å². The van der Waals surface area contributed by atoms with E-state index in [4.69, 9.17) is 0 Å². The molecule has 0 aliphatic carbocycles. The summed E-state index contributed by atoms with van der Waals surface area (Å²) in [5, 5.41) is 0. The van der Waals surface area contributed by atoms with Gasteiger partial charge in [0.05, 0.1) is 5.57 Å². The van der Waals surface area contributed by atoms with E-state index in [0.29, 0.717) is 24.4 Å². The number of nitrogens with zero attached hydrogens (tertiary/aromatic N) is 2. The van der Waals surface area contributed by atoms with Crippen molar-refractivity contribution in [3.63, 3.8) is 0 Å². The molecule has 2 aromatic carbocycles. The van der Waals surface area contributed by atoms with Crippen LogP contribution in [0.25, 0.3) is 5.57 Å². The highest BCUT2D eigenvalue weighted by Crippen LogP contribution is 2.34. The van der Waals surface area contributed by atoms with Gasteiger partial charge in [0.15, 0.2) is 0 Å². The normalized spacial score (nSPS) is 17.3. The fourth-order valence-corrected chi connectivity index (χ4v) is 3.70. The fourth-order valence-electron chi connectivity index (χ4n) is 3.70. The highest BCUT2D eigenvalue weighted by molar-refractivity contribution is 6.35. The van der Waals surface area contributed by atoms with Crippen LogP contribution < -0.4 is 0 Å². The highest BCUT2D eigenvalue weighted by Gasteiger charge is 2.41. The van der Waals surface area contributed by atoms with Crippen LogP contribution in [0.3, 0.4) is 0 Å². The Morgan fingerprint density at radius 3 is 2.28 bits per heavy atom. The summed E-state index contributed by atoms with van der Waals surface area (Å²) in [6.07, 6.45) is 0.884. The largest absolute Gasteiger partial charge is 0.362 e. The van der Waals surface area contributed by atoms with E-state index in [0.717, 1.165) is 18.5 Å². The summed E-state index contributed by atoms with van der Waals surface area (Å²) in [5.74, 6) is -0.363. The molecule has 0 aromatic heterocycles. The van der Waals surface area contributed by atoms with Crippen LogP contribution in [0.15, 0.2) is 60.3 Å². The summed E-state index contributed by atoms with van der Waals surface area (Å²) in [6.45, 7) is 3.65. The molecule has 2 heterocycles. The van der Waals surface area contributed by atoms with Gasteiger partial charge < -0.3 is 4.90 Å². The minimum Gasteiger partial charge on any atom is -0.362 e. The number of amides is 2. The van der Waals surface area contributed by atoms with Gasteiger partial charge in [-0.3, -0.25) is 14.5 Å². The predicted molar refractivity (Wildman–Crippen MR) is 96.3 cm³/mol. The van der Waals surface area contributed by atoms with Gasteiger partial charge in [-0.2, -0.15) is 0 Å². The Morgan fingerprint density at radius 2 is 1.56 bits per heavy atom. The molecule has 0 bridgehead atoms. The topological polar surface area (TPSA) is 40.6 Å². The molecular formula is C21H20N2O2. The molecule has 0 atom stereocenters. The van der Waals surface area contributed by atoms with Crippen molar-refractivity contribution in [2.75, 3.05) is 13.1 Å². The van der Waals surface area contributed by atoms with E-state index in [-0.39, 0.29) is 11.8 Å². The lowest BCUT2D eigenvalue weighted by Gasteiger charge is -2.31. The van der Waals surface area contributed by atoms with E-state index in [1.165, 1.54) is 16.0 Å². The first kappa shape index (κ1) is 15.6. The van der Waals surface area contributed by atoms with Gasteiger partial charge in [0.1, 0.15) is 5.70 Å². The number of benzene rings is 2. The average Bonchev–Trinajstić information content (AvgIpc) is 2.91. The third kappa shape index (κ3) is 2.54. The molecule has 0 saturated heterocycles. The Kier molecular flexibility index (Phi) is 3.88. The van der Waals surface area contributed by atoms with E-state index in [2.05, 4.69) is 17.0 Å². The van der Waals surface area contributed by atoms with E-state index < -0.39 is 0 Å². The quantitative estimate of drug-likeness (QED) is 0.812. The molecule has 2 aliphatic heterocycles. The Morgan fingerprint density at radius 1 is 0.880 bits per heavy atom. The van der Waals surface area contributed by atoms with Crippen molar-refractivity contribution in [2.24, 2.45) is 0 Å². The van der Waals surface area contributed by atoms with Gasteiger partial charge in [-0.25, -0.2) is 0 Å². The van der Waals surface area contributed by atoms with Crippen molar-refractivity contribution in [2.45, 2.75) is 19.9 Å². The summed E-state index contributed by atoms with van der Waals surface area (Å²) in [7, 11) is 0. The molecular weight excluding hydrogens is 312 g/mol. The van der Waals surface area contributed by atoms with Crippen molar-refractivity contribution < 1.29 is 9.59 Å². The van der Waals surface area contributed by atoms with Crippen molar-refractivity contribution in [3.05, 3.63) is 77.0 Å². The molecule has 2 aromatic rings. The number of rotatable bonds is 3. The molecule has 25 heavy (non-hydrogen) atoms. The number of imide groups is 1. The molecule has 0 spiro atoms. The van der Waals surface area contributed by atoms with Crippen LogP contribution >= 0.6 is 0 Å². The Labute approximate surface area is 147 Å². The summed E-state index contributed by atoms with van der Waals surface area (Å²) in [6, 6.07) is 17.8. The average molecular weight is 332 g/mol. The Balaban J connectivity index is 1.80. The number of hydrogen-bond acceptors (Lipinski definition) is 3. The smallest absolute Gasteiger partial charge is 0.277 e. The predicted octanol–water partition coefficient (Wildman–Crippen LogP) is 2.84. The summed E-state index contributed by atoms with van der Waals surface area (Å²) in [5.41, 5.74) is 4.44. The minimum absolute atomic E-state index is 0.175. The first-order valence-corrected chi connectivity index (χ1v) is 8.68. The van der Waals surface area contributed by atoms with Crippen LogP contribution in [0.5, 0.6) is 0 Å². The molecule has 0 fully saturated rings. The zero-order chi connectivity index (χ0) is 17.4. The zero-order valence-electron chi connectivity index (χ0n) is 14.2. The molecule has 0 saturated carbocycles. The van der Waals surface area contributed by atoms with E-state index in [1.807, 2.05) is 49.4 Å². The van der Waals surface area contributed by atoms with Gasteiger partial charge in [-0.1, -0.05) is 54.6 Å². The first-order valence-electron chi connectivity index (χ1n) is 8.68. The number of hydrogen-bond donors (Lipinski definition) is 0. The van der Waals surface area contributed by atoms with Crippen molar-refractivity contribution in [3.8, 4) is 0 Å². The van der Waals surface area contributed by atoms with Crippen LogP contribution in [0.2, 0.25) is 0 Å². The third-order valence-corrected chi connectivity index (χ3v) is 4.97. The molecule has 4 heteroatoms. The van der Waals surface area contributed by atoms with Gasteiger partial charge >= 0.3 is 0 Å². The lowest BCUT2D eigenvalue weighted by atomic mass is 9.98. The van der Waals surface area contributed by atoms with E-state index >= 15 is 0 Å². The standard InChI is InChI=1S/C21H20N2O2/c1-2-23-20(24)18(16-9-4-3-5-10-16)19(21(23)25)22-13-12-15-8-6-7-11-17(15)14-22/h3-11H,2,12-14H2,1H3. The van der Waals surface area contributed by atoms with Gasteiger partial charge in [0, 0.05) is 19.6 Å². The molecule has 4 nitrogen and oxygen atoms in total. The SMILES string of the molecule is CCN1C(=O)C(c2ccccc2)=C(N2CCc3ccccc3C2)C1=O. The summed E-state index contributed by atoms with van der Waals surface area (Å²) < 4.78 is 0. The first-order chi connectivity index (χ1) is 12.2.